The minimum Gasteiger partial charge on any atom is -0.618 e. The second kappa shape index (κ2) is 6.71. The Kier molecular flexibility index (Phi) is 4.69. The Labute approximate surface area is 138 Å². The summed E-state index contributed by atoms with van der Waals surface area (Å²) in [5.74, 6) is 0.417. The normalized spacial score (nSPS) is 17.3. The summed E-state index contributed by atoms with van der Waals surface area (Å²) in [6.45, 7) is 2.89. The number of thioether (sulfide) groups is 1. The predicted molar refractivity (Wildman–Crippen MR) is 88.9 cm³/mol. The van der Waals surface area contributed by atoms with Gasteiger partial charge in [-0.25, -0.2) is 0 Å². The van der Waals surface area contributed by atoms with Crippen molar-refractivity contribution in [3.63, 3.8) is 0 Å². The largest absolute Gasteiger partial charge is 0.618 e. The zero-order valence-corrected chi connectivity index (χ0v) is 14.0. The van der Waals surface area contributed by atoms with E-state index in [0.29, 0.717) is 10.8 Å². The third-order valence-corrected chi connectivity index (χ3v) is 5.93. The van der Waals surface area contributed by atoms with E-state index in [2.05, 4.69) is 18.4 Å². The molecular weight excluding hydrogens is 316 g/mol. The zero-order chi connectivity index (χ0) is 15.5. The molecule has 1 atom stereocenters. The van der Waals surface area contributed by atoms with Gasteiger partial charge in [-0.15, -0.1) is 11.3 Å². The SMILES string of the molecule is CCC1c2ccsc2CCN1C(=O)CSc1cccc[n+]1[O-]. The van der Waals surface area contributed by atoms with Gasteiger partial charge < -0.3 is 10.1 Å². The zero-order valence-electron chi connectivity index (χ0n) is 12.4. The van der Waals surface area contributed by atoms with Gasteiger partial charge >= 0.3 is 0 Å². The molecule has 0 saturated carbocycles. The van der Waals surface area contributed by atoms with Crippen molar-refractivity contribution in [2.45, 2.75) is 30.8 Å². The van der Waals surface area contributed by atoms with E-state index in [-0.39, 0.29) is 11.9 Å². The highest BCUT2D eigenvalue weighted by molar-refractivity contribution is 7.99. The highest BCUT2D eigenvalue weighted by Crippen LogP contribution is 2.35. The Morgan fingerprint density at radius 1 is 1.50 bits per heavy atom. The van der Waals surface area contributed by atoms with Gasteiger partial charge in [-0.2, -0.15) is 4.73 Å². The van der Waals surface area contributed by atoms with Gasteiger partial charge in [0.15, 0.2) is 6.20 Å². The lowest BCUT2D eigenvalue weighted by atomic mass is 9.98. The summed E-state index contributed by atoms with van der Waals surface area (Å²) in [6, 6.07) is 7.57. The molecule has 3 rings (SSSR count). The van der Waals surface area contributed by atoms with Crippen molar-refractivity contribution >= 4 is 29.0 Å². The number of rotatable bonds is 4. The van der Waals surface area contributed by atoms with Gasteiger partial charge in [-0.3, -0.25) is 4.79 Å². The second-order valence-electron chi connectivity index (χ2n) is 5.21. The van der Waals surface area contributed by atoms with Crippen LogP contribution in [0.4, 0.5) is 0 Å². The third-order valence-electron chi connectivity index (χ3n) is 3.93. The van der Waals surface area contributed by atoms with E-state index >= 15 is 0 Å². The summed E-state index contributed by atoms with van der Waals surface area (Å²) in [4.78, 5) is 16.0. The van der Waals surface area contributed by atoms with Crippen LogP contribution in [0.2, 0.25) is 0 Å². The van der Waals surface area contributed by atoms with Crippen LogP contribution in [0.1, 0.15) is 29.8 Å². The first-order valence-electron chi connectivity index (χ1n) is 7.37. The van der Waals surface area contributed by atoms with E-state index in [1.807, 2.05) is 11.0 Å². The maximum absolute atomic E-state index is 12.6. The van der Waals surface area contributed by atoms with E-state index < -0.39 is 0 Å². The average molecular weight is 334 g/mol. The Bertz CT molecular complexity index is 672. The number of hydrogen-bond donors (Lipinski definition) is 0. The summed E-state index contributed by atoms with van der Waals surface area (Å²) in [5.41, 5.74) is 1.30. The lowest BCUT2D eigenvalue weighted by Crippen LogP contribution is -2.40. The van der Waals surface area contributed by atoms with Gasteiger partial charge in [0.05, 0.1) is 11.8 Å². The maximum atomic E-state index is 12.6. The third kappa shape index (κ3) is 2.98. The Morgan fingerprint density at radius 2 is 2.36 bits per heavy atom. The van der Waals surface area contributed by atoms with Crippen LogP contribution in [-0.4, -0.2) is 23.1 Å². The van der Waals surface area contributed by atoms with Crippen LogP contribution in [0.25, 0.3) is 0 Å². The summed E-state index contributed by atoms with van der Waals surface area (Å²) in [6.07, 6.45) is 3.32. The maximum Gasteiger partial charge on any atom is 0.251 e. The van der Waals surface area contributed by atoms with Crippen LogP contribution in [0.15, 0.2) is 40.9 Å². The molecule has 1 aliphatic heterocycles. The van der Waals surface area contributed by atoms with E-state index in [1.54, 1.807) is 23.5 Å². The molecule has 0 N–H and O–H groups in total. The first-order valence-corrected chi connectivity index (χ1v) is 9.24. The topological polar surface area (TPSA) is 47.2 Å². The summed E-state index contributed by atoms with van der Waals surface area (Å²) >= 11 is 3.09. The van der Waals surface area contributed by atoms with E-state index in [9.17, 15) is 10.0 Å². The van der Waals surface area contributed by atoms with Crippen molar-refractivity contribution in [1.82, 2.24) is 4.90 Å². The van der Waals surface area contributed by atoms with Crippen LogP contribution < -0.4 is 4.73 Å². The molecule has 3 heterocycles. The van der Waals surface area contributed by atoms with E-state index in [4.69, 9.17) is 0 Å². The first-order chi connectivity index (χ1) is 10.7. The van der Waals surface area contributed by atoms with Crippen LogP contribution in [0, 0.1) is 5.21 Å². The fourth-order valence-corrected chi connectivity index (χ4v) is 4.61. The summed E-state index contributed by atoms with van der Waals surface area (Å²) in [7, 11) is 0. The highest BCUT2D eigenvalue weighted by Gasteiger charge is 2.30. The Balaban J connectivity index is 1.69. The quantitative estimate of drug-likeness (QED) is 0.490. The van der Waals surface area contributed by atoms with Crippen molar-refractivity contribution in [2.75, 3.05) is 12.3 Å². The molecule has 1 aliphatic rings. The molecule has 0 saturated heterocycles. The molecule has 2 aromatic heterocycles. The van der Waals surface area contributed by atoms with Crippen LogP contribution in [0.3, 0.4) is 0 Å². The number of carbonyl (C=O) groups excluding carboxylic acids is 1. The van der Waals surface area contributed by atoms with Crippen molar-refractivity contribution in [1.29, 1.82) is 0 Å². The molecule has 1 unspecified atom stereocenters. The minimum atomic E-state index is 0.109. The Hall–Kier alpha value is -1.53. The number of pyridine rings is 1. The summed E-state index contributed by atoms with van der Waals surface area (Å²) < 4.78 is 0.808. The van der Waals surface area contributed by atoms with Gasteiger partial charge in [-0.05, 0) is 47.7 Å². The van der Waals surface area contributed by atoms with Crippen molar-refractivity contribution in [2.24, 2.45) is 0 Å². The number of fused-ring (bicyclic) bond motifs is 1. The molecule has 2 aromatic rings. The molecule has 6 heteroatoms. The number of nitrogens with zero attached hydrogens (tertiary/aromatic N) is 2. The molecule has 0 spiro atoms. The van der Waals surface area contributed by atoms with Crippen molar-refractivity contribution in [3.8, 4) is 0 Å². The monoisotopic (exact) mass is 334 g/mol. The standard InChI is InChI=1S/C16H18N2O2S2/c1-2-13-12-7-10-21-14(12)6-9-17(13)15(19)11-22-16-5-3-4-8-18(16)20/h3-5,7-8,10,13H,2,6,9,11H2,1H3. The molecule has 0 radical (unpaired) electrons. The van der Waals surface area contributed by atoms with Crippen LogP contribution >= 0.6 is 23.1 Å². The fourth-order valence-electron chi connectivity index (χ4n) is 2.88. The van der Waals surface area contributed by atoms with Gasteiger partial charge in [0, 0.05) is 23.6 Å². The molecule has 116 valence electrons. The Morgan fingerprint density at radius 3 is 3.14 bits per heavy atom. The van der Waals surface area contributed by atoms with E-state index in [0.717, 1.165) is 24.1 Å². The summed E-state index contributed by atoms with van der Waals surface area (Å²) in [5, 5.41) is 14.3. The molecule has 4 nitrogen and oxygen atoms in total. The fraction of sp³-hybridized carbons (Fsp3) is 0.375. The molecule has 0 aromatic carbocycles. The predicted octanol–water partition coefficient (Wildman–Crippen LogP) is 3.01. The molecule has 0 aliphatic carbocycles. The number of carbonyl (C=O) groups is 1. The minimum absolute atomic E-state index is 0.109. The van der Waals surface area contributed by atoms with Crippen LogP contribution in [-0.2, 0) is 11.2 Å². The van der Waals surface area contributed by atoms with Crippen molar-refractivity contribution in [3.05, 3.63) is 51.5 Å². The van der Waals surface area contributed by atoms with Crippen LogP contribution in [0.5, 0.6) is 0 Å². The molecule has 22 heavy (non-hydrogen) atoms. The molecule has 1 amide bonds. The average Bonchev–Trinajstić information content (AvgIpc) is 3.01. The number of aromatic nitrogens is 1. The number of hydrogen-bond acceptors (Lipinski definition) is 4. The van der Waals surface area contributed by atoms with Gasteiger partial charge in [0.2, 0.25) is 5.91 Å². The highest BCUT2D eigenvalue weighted by atomic mass is 32.2. The lowest BCUT2D eigenvalue weighted by Gasteiger charge is -2.35. The van der Waals surface area contributed by atoms with Gasteiger partial charge in [0.1, 0.15) is 0 Å². The second-order valence-corrected chi connectivity index (χ2v) is 7.21. The number of thiophene rings is 1. The van der Waals surface area contributed by atoms with Gasteiger partial charge in [0.25, 0.3) is 5.03 Å². The molecule has 0 fully saturated rings. The van der Waals surface area contributed by atoms with E-state index in [1.165, 1.54) is 28.4 Å². The first kappa shape index (κ1) is 15.4. The smallest absolute Gasteiger partial charge is 0.251 e. The van der Waals surface area contributed by atoms with Crippen molar-refractivity contribution < 1.29 is 9.52 Å². The molecular formula is C16H18N2O2S2. The lowest BCUT2D eigenvalue weighted by molar-refractivity contribution is -0.645. The molecule has 0 bridgehead atoms. The number of amides is 1. The van der Waals surface area contributed by atoms with Gasteiger partial charge in [-0.1, -0.05) is 6.92 Å².